The molecule has 0 aliphatic rings. The summed E-state index contributed by atoms with van der Waals surface area (Å²) in [6, 6.07) is 0. The maximum absolute atomic E-state index is 10.5. The highest BCUT2D eigenvalue weighted by Gasteiger charge is 2.03. The summed E-state index contributed by atoms with van der Waals surface area (Å²) in [6.45, 7) is 0.340. The van der Waals surface area contributed by atoms with Crippen molar-refractivity contribution >= 4 is 11.9 Å². The third kappa shape index (κ3) is 5.63. The summed E-state index contributed by atoms with van der Waals surface area (Å²) in [5.74, 6) is -0.804. The Morgan fingerprint density at radius 2 is 1.25 bits per heavy atom. The number of hydrogen-bond donors (Lipinski definition) is 2. The van der Waals surface area contributed by atoms with E-state index < -0.39 is 11.9 Å². The van der Waals surface area contributed by atoms with E-state index in [-0.39, 0.29) is 26.3 Å². The largest absolute Gasteiger partial charge is 0.458 e. The van der Waals surface area contributed by atoms with E-state index in [9.17, 15) is 9.59 Å². The minimum Gasteiger partial charge on any atom is -0.458 e. The molecule has 0 aromatic rings. The third-order valence-electron chi connectivity index (χ3n) is 1.02. The lowest BCUT2D eigenvalue weighted by molar-refractivity contribution is -0.361. The van der Waals surface area contributed by atoms with Gasteiger partial charge in [-0.25, -0.2) is 9.59 Å². The molecule has 0 spiro atoms. The molecule has 0 bridgehead atoms. The van der Waals surface area contributed by atoms with Crippen LogP contribution in [0.3, 0.4) is 0 Å². The Labute approximate surface area is 69.8 Å². The van der Waals surface area contributed by atoms with E-state index in [0.717, 1.165) is 0 Å². The van der Waals surface area contributed by atoms with Crippen molar-refractivity contribution in [2.24, 2.45) is 0 Å². The molecule has 0 rings (SSSR count). The second kappa shape index (κ2) is 6.56. The number of quaternary nitrogens is 2. The molecule has 0 radical (unpaired) electrons. The molecule has 0 heterocycles. The highest BCUT2D eigenvalue weighted by atomic mass is 16.6. The quantitative estimate of drug-likeness (QED) is 0.337. The first-order valence-corrected chi connectivity index (χ1v) is 3.60. The molecular weight excluding hydrogens is 164 g/mol. The van der Waals surface area contributed by atoms with Gasteiger partial charge in [0.1, 0.15) is 13.2 Å². The first-order valence-electron chi connectivity index (χ1n) is 3.60. The molecule has 0 saturated heterocycles. The maximum Gasteiger partial charge on any atom is 0.361 e. The Balaban J connectivity index is 3.21. The summed E-state index contributed by atoms with van der Waals surface area (Å²) in [7, 11) is 0. The van der Waals surface area contributed by atoms with Gasteiger partial charge in [-0.3, -0.25) is 0 Å². The van der Waals surface area contributed by atoms with Gasteiger partial charge in [-0.2, -0.15) is 0 Å². The average Bonchev–Trinajstić information content (AvgIpc) is 2.11. The monoisotopic (exact) mass is 178 g/mol. The van der Waals surface area contributed by atoms with Gasteiger partial charge in [-0.1, -0.05) is 0 Å². The van der Waals surface area contributed by atoms with Crippen molar-refractivity contribution in [2.45, 2.75) is 0 Å². The van der Waals surface area contributed by atoms with E-state index >= 15 is 0 Å². The fourth-order valence-corrected chi connectivity index (χ4v) is 0.455. The molecule has 0 saturated carbocycles. The summed E-state index contributed by atoms with van der Waals surface area (Å²) < 4.78 is 9.17. The van der Waals surface area contributed by atoms with E-state index in [1.165, 1.54) is 0 Å². The Morgan fingerprint density at radius 3 is 1.50 bits per heavy atom. The minimum atomic E-state index is -0.402. The molecule has 6 heteroatoms. The molecule has 0 aliphatic heterocycles. The predicted octanol–water partition coefficient (Wildman–Crippen LogP) is -3.44. The van der Waals surface area contributed by atoms with Crippen molar-refractivity contribution in [1.29, 1.82) is 0 Å². The average molecular weight is 178 g/mol. The van der Waals surface area contributed by atoms with Gasteiger partial charge < -0.3 is 20.9 Å². The Morgan fingerprint density at radius 1 is 0.917 bits per heavy atom. The summed E-state index contributed by atoms with van der Waals surface area (Å²) >= 11 is 0. The van der Waals surface area contributed by atoms with Crippen LogP contribution in [0.15, 0.2) is 0 Å². The first-order chi connectivity index (χ1) is 5.70. The van der Waals surface area contributed by atoms with Gasteiger partial charge in [0.2, 0.25) is 0 Å². The Hall–Kier alpha value is -1.14. The van der Waals surface area contributed by atoms with Crippen molar-refractivity contribution < 1.29 is 30.5 Å². The highest BCUT2D eigenvalue weighted by Crippen LogP contribution is 1.78. The molecule has 0 atom stereocenters. The smallest absolute Gasteiger partial charge is 0.361 e. The lowest BCUT2D eigenvalue weighted by Crippen LogP contribution is -2.55. The van der Waals surface area contributed by atoms with Crippen LogP contribution in [0.25, 0.3) is 0 Å². The SMILES string of the molecule is [NH3+]CC(=O)OCCOC(=O)C[NH3+]. The molecule has 0 unspecified atom stereocenters. The third-order valence-corrected chi connectivity index (χ3v) is 1.02. The first kappa shape index (κ1) is 10.9. The Kier molecular flexibility index (Phi) is 5.94. The predicted molar refractivity (Wildman–Crippen MR) is 37.4 cm³/mol. The van der Waals surface area contributed by atoms with Gasteiger partial charge in [0, 0.05) is 0 Å². The zero-order valence-electron chi connectivity index (χ0n) is 6.88. The van der Waals surface area contributed by atoms with Gasteiger partial charge in [-0.15, -0.1) is 0 Å². The van der Waals surface area contributed by atoms with Crippen molar-refractivity contribution in [3.05, 3.63) is 0 Å². The Bertz CT molecular complexity index is 142. The van der Waals surface area contributed by atoms with E-state index in [0.29, 0.717) is 0 Å². The zero-order chi connectivity index (χ0) is 9.40. The van der Waals surface area contributed by atoms with Gasteiger partial charge in [0.05, 0.1) is 0 Å². The standard InChI is InChI=1S/C6H12N2O4/c7-3-5(9)11-1-2-12-6(10)4-8/h1-4,7-8H2/p+2. The molecule has 0 aromatic heterocycles. The van der Waals surface area contributed by atoms with Crippen LogP contribution in [-0.2, 0) is 19.1 Å². The van der Waals surface area contributed by atoms with Gasteiger partial charge >= 0.3 is 11.9 Å². The molecule has 0 amide bonds. The van der Waals surface area contributed by atoms with Crippen LogP contribution < -0.4 is 11.5 Å². The topological polar surface area (TPSA) is 108 Å². The lowest BCUT2D eigenvalue weighted by Gasteiger charge is -2.02. The van der Waals surface area contributed by atoms with Gasteiger partial charge in [0.25, 0.3) is 0 Å². The van der Waals surface area contributed by atoms with Gasteiger partial charge in [0.15, 0.2) is 13.1 Å². The van der Waals surface area contributed by atoms with E-state index in [1.807, 2.05) is 0 Å². The highest BCUT2D eigenvalue weighted by molar-refractivity contribution is 5.70. The minimum absolute atomic E-state index is 0.0834. The van der Waals surface area contributed by atoms with E-state index in [1.54, 1.807) is 0 Å². The van der Waals surface area contributed by atoms with Crippen LogP contribution >= 0.6 is 0 Å². The summed E-state index contributed by atoms with van der Waals surface area (Å²) in [5.41, 5.74) is 6.65. The number of esters is 2. The number of hydrogen-bond acceptors (Lipinski definition) is 4. The second-order valence-electron chi connectivity index (χ2n) is 1.94. The molecular formula is C6H14N2O4+2. The van der Waals surface area contributed by atoms with Crippen molar-refractivity contribution in [2.75, 3.05) is 26.3 Å². The number of carbonyl (C=O) groups excluding carboxylic acids is 2. The van der Waals surface area contributed by atoms with Crippen molar-refractivity contribution in [1.82, 2.24) is 0 Å². The molecule has 70 valence electrons. The summed E-state index contributed by atoms with van der Waals surface area (Å²) in [6.07, 6.45) is 0. The van der Waals surface area contributed by atoms with Crippen LogP contribution in [0.1, 0.15) is 0 Å². The van der Waals surface area contributed by atoms with E-state index in [4.69, 9.17) is 0 Å². The molecule has 0 aliphatic carbocycles. The fraction of sp³-hybridized carbons (Fsp3) is 0.667. The maximum atomic E-state index is 10.5. The van der Waals surface area contributed by atoms with E-state index in [2.05, 4.69) is 20.9 Å². The van der Waals surface area contributed by atoms with Crippen molar-refractivity contribution in [3.63, 3.8) is 0 Å². The van der Waals surface area contributed by atoms with Crippen LogP contribution in [0.5, 0.6) is 0 Å². The summed E-state index contributed by atoms with van der Waals surface area (Å²) in [4.78, 5) is 21.0. The normalized spacial score (nSPS) is 9.17. The molecule has 0 aromatic carbocycles. The lowest BCUT2D eigenvalue weighted by atomic mass is 10.6. The van der Waals surface area contributed by atoms with Crippen LogP contribution in [0.2, 0.25) is 0 Å². The molecule has 12 heavy (non-hydrogen) atoms. The molecule has 0 fully saturated rings. The number of ether oxygens (including phenoxy) is 2. The zero-order valence-corrected chi connectivity index (χ0v) is 6.88. The summed E-state index contributed by atoms with van der Waals surface area (Å²) in [5, 5.41) is 0. The molecule has 6 nitrogen and oxygen atoms in total. The second-order valence-corrected chi connectivity index (χ2v) is 1.94. The number of carbonyl (C=O) groups is 2. The fourth-order valence-electron chi connectivity index (χ4n) is 0.455. The number of rotatable bonds is 5. The van der Waals surface area contributed by atoms with Gasteiger partial charge in [-0.05, 0) is 0 Å². The van der Waals surface area contributed by atoms with Crippen LogP contribution in [-0.4, -0.2) is 38.2 Å². The van der Waals surface area contributed by atoms with Crippen LogP contribution in [0, 0.1) is 0 Å². The van der Waals surface area contributed by atoms with Crippen LogP contribution in [0.4, 0.5) is 0 Å². The van der Waals surface area contributed by atoms with Crippen molar-refractivity contribution in [3.8, 4) is 0 Å². The molecule has 6 N–H and O–H groups in total.